The lowest BCUT2D eigenvalue weighted by atomic mass is 9.86. The van der Waals surface area contributed by atoms with Crippen LogP contribution in [0.2, 0.25) is 0 Å². The van der Waals surface area contributed by atoms with E-state index in [1.54, 1.807) is 0 Å². The Hall–Kier alpha value is -1.31. The van der Waals surface area contributed by atoms with Gasteiger partial charge in [-0.25, -0.2) is 0 Å². The summed E-state index contributed by atoms with van der Waals surface area (Å²) in [7, 11) is 0. The van der Waals surface area contributed by atoms with Crippen LogP contribution < -0.4 is 0 Å². The summed E-state index contributed by atoms with van der Waals surface area (Å²) in [6, 6.07) is 2.41. The first-order valence-electron chi connectivity index (χ1n) is 10.7. The molecule has 0 fully saturated rings. The zero-order valence-corrected chi connectivity index (χ0v) is 19.1. The summed E-state index contributed by atoms with van der Waals surface area (Å²) < 4.78 is 5.17. The van der Waals surface area contributed by atoms with E-state index in [-0.39, 0.29) is 5.60 Å². The number of unbranched alkanes of at least 4 members (excludes halogenated alkanes) is 2. The van der Waals surface area contributed by atoms with Gasteiger partial charge in [-0.05, 0) is 113 Å². The fourth-order valence-corrected chi connectivity index (χ4v) is 3.84. The number of ether oxygens (including phenoxy) is 1. The maximum absolute atomic E-state index is 10.6. The molecule has 0 aromatic heterocycles. The van der Waals surface area contributed by atoms with Crippen LogP contribution in [0.4, 0.5) is 0 Å². The molecule has 0 saturated carbocycles. The summed E-state index contributed by atoms with van der Waals surface area (Å²) in [5.74, 6) is 0. The number of carbonyl (C=O) groups excluding carboxylic acids is 1. The van der Waals surface area contributed by atoms with Crippen molar-refractivity contribution in [2.24, 2.45) is 5.41 Å². The molecule has 0 unspecified atom stereocenters. The van der Waals surface area contributed by atoms with Crippen molar-refractivity contribution < 1.29 is 9.53 Å². The summed E-state index contributed by atoms with van der Waals surface area (Å²) in [6.45, 7) is 18.3. The third-order valence-corrected chi connectivity index (χ3v) is 5.81. The van der Waals surface area contributed by atoms with Crippen molar-refractivity contribution in [2.45, 2.75) is 112 Å². The van der Waals surface area contributed by atoms with Crippen molar-refractivity contribution in [2.75, 3.05) is 0 Å². The molecule has 0 amide bonds. The lowest BCUT2D eigenvalue weighted by molar-refractivity contribution is -0.140. The molecule has 0 aliphatic rings. The number of rotatable bonds is 11. The van der Waals surface area contributed by atoms with Gasteiger partial charge in [0.15, 0.2) is 0 Å². The molecule has 0 bridgehead atoms. The molecule has 0 aliphatic carbocycles. The largest absolute Gasteiger partial charge is 0.462 e. The van der Waals surface area contributed by atoms with Gasteiger partial charge < -0.3 is 4.74 Å². The summed E-state index contributed by atoms with van der Waals surface area (Å²) in [6.07, 6.45) is 9.31. The number of carbonyl (C=O) groups is 1. The molecule has 0 aliphatic heterocycles. The predicted molar refractivity (Wildman–Crippen MR) is 116 cm³/mol. The Morgan fingerprint density at radius 3 is 2.04 bits per heavy atom. The highest BCUT2D eigenvalue weighted by Crippen LogP contribution is 2.27. The minimum absolute atomic E-state index is 0.351. The Morgan fingerprint density at radius 1 is 0.852 bits per heavy atom. The van der Waals surface area contributed by atoms with Crippen LogP contribution in [0.1, 0.15) is 101 Å². The van der Waals surface area contributed by atoms with Crippen LogP contribution in [0, 0.1) is 26.2 Å². The van der Waals surface area contributed by atoms with Gasteiger partial charge in [-0.15, -0.1) is 0 Å². The van der Waals surface area contributed by atoms with E-state index in [0.717, 1.165) is 25.7 Å². The highest BCUT2D eigenvalue weighted by atomic mass is 16.5. The molecule has 0 saturated heterocycles. The third-order valence-electron chi connectivity index (χ3n) is 5.81. The van der Waals surface area contributed by atoms with Gasteiger partial charge in [-0.3, -0.25) is 4.79 Å². The van der Waals surface area contributed by atoms with Crippen LogP contribution in [0.25, 0.3) is 0 Å². The standard InChI is InChI=1S/C25H42O2/c1-19-17-22(13-9-11-15-24(4,5)6)21(3)23(20(19)2)14-10-12-16-25(7,8)27-18-26/h17-18H,9-16H2,1-8H3. The second-order valence-corrected chi connectivity index (χ2v) is 10.0. The van der Waals surface area contributed by atoms with Gasteiger partial charge in [-0.2, -0.15) is 0 Å². The van der Waals surface area contributed by atoms with E-state index in [0.29, 0.717) is 11.9 Å². The quantitative estimate of drug-likeness (QED) is 0.307. The minimum atomic E-state index is -0.351. The van der Waals surface area contributed by atoms with Crippen LogP contribution in [-0.4, -0.2) is 12.1 Å². The van der Waals surface area contributed by atoms with Crippen LogP contribution in [0.3, 0.4) is 0 Å². The van der Waals surface area contributed by atoms with Crippen LogP contribution in [-0.2, 0) is 22.4 Å². The number of hydrogen-bond acceptors (Lipinski definition) is 2. The zero-order chi connectivity index (χ0) is 20.7. The molecule has 0 N–H and O–H groups in total. The molecule has 2 nitrogen and oxygen atoms in total. The highest BCUT2D eigenvalue weighted by molar-refractivity contribution is 5.44. The average molecular weight is 375 g/mol. The van der Waals surface area contributed by atoms with Crippen molar-refractivity contribution in [1.82, 2.24) is 0 Å². The third kappa shape index (κ3) is 8.49. The van der Waals surface area contributed by atoms with E-state index in [2.05, 4.69) is 47.6 Å². The molecule has 0 spiro atoms. The van der Waals surface area contributed by atoms with Crippen LogP contribution >= 0.6 is 0 Å². The van der Waals surface area contributed by atoms with Crippen molar-refractivity contribution in [3.63, 3.8) is 0 Å². The average Bonchev–Trinajstić information content (AvgIpc) is 2.54. The first-order chi connectivity index (χ1) is 12.5. The van der Waals surface area contributed by atoms with Gasteiger partial charge in [0, 0.05) is 0 Å². The second-order valence-electron chi connectivity index (χ2n) is 10.0. The lowest BCUT2D eigenvalue weighted by Crippen LogP contribution is -2.23. The topological polar surface area (TPSA) is 26.3 Å². The molecule has 0 atom stereocenters. The maximum Gasteiger partial charge on any atom is 0.293 e. The SMILES string of the molecule is Cc1cc(CCCCC(C)(C)C)c(C)c(CCCCC(C)(C)OC=O)c1C. The van der Waals surface area contributed by atoms with E-state index in [4.69, 9.17) is 4.74 Å². The smallest absolute Gasteiger partial charge is 0.293 e. The molecule has 0 heterocycles. The van der Waals surface area contributed by atoms with E-state index < -0.39 is 0 Å². The Balaban J connectivity index is 2.68. The van der Waals surface area contributed by atoms with Gasteiger partial charge in [-0.1, -0.05) is 33.3 Å². The summed E-state index contributed by atoms with van der Waals surface area (Å²) in [5.41, 5.74) is 7.53. The number of hydrogen-bond donors (Lipinski definition) is 0. The van der Waals surface area contributed by atoms with E-state index in [9.17, 15) is 4.79 Å². The van der Waals surface area contributed by atoms with Crippen LogP contribution in [0.15, 0.2) is 6.07 Å². The van der Waals surface area contributed by atoms with E-state index in [1.165, 1.54) is 53.5 Å². The fourth-order valence-electron chi connectivity index (χ4n) is 3.84. The maximum atomic E-state index is 10.6. The molecule has 0 radical (unpaired) electrons. The molecule has 1 aromatic rings. The monoisotopic (exact) mass is 374 g/mol. The van der Waals surface area contributed by atoms with Gasteiger partial charge >= 0.3 is 0 Å². The molecule has 1 aromatic carbocycles. The van der Waals surface area contributed by atoms with Crippen LogP contribution in [0.5, 0.6) is 0 Å². The molecule has 2 heteroatoms. The first-order valence-corrected chi connectivity index (χ1v) is 10.7. The summed E-state index contributed by atoms with van der Waals surface area (Å²) in [5, 5.41) is 0. The van der Waals surface area contributed by atoms with Crippen molar-refractivity contribution in [3.05, 3.63) is 33.9 Å². The fraction of sp³-hybridized carbons (Fsp3) is 0.720. The number of aryl methyl sites for hydroxylation is 2. The van der Waals surface area contributed by atoms with Crippen molar-refractivity contribution in [3.8, 4) is 0 Å². The predicted octanol–water partition coefficient (Wildman–Crippen LogP) is 7.04. The Kier molecular flexibility index (Phi) is 9.05. The molecule has 1 rings (SSSR count). The summed E-state index contributed by atoms with van der Waals surface area (Å²) >= 11 is 0. The first kappa shape index (κ1) is 23.7. The Bertz CT molecular complexity index is 606. The molecule has 27 heavy (non-hydrogen) atoms. The molecular weight excluding hydrogens is 332 g/mol. The van der Waals surface area contributed by atoms with Crippen molar-refractivity contribution >= 4 is 6.47 Å². The normalized spacial score (nSPS) is 12.3. The van der Waals surface area contributed by atoms with Gasteiger partial charge in [0.2, 0.25) is 0 Å². The summed E-state index contributed by atoms with van der Waals surface area (Å²) in [4.78, 5) is 10.6. The van der Waals surface area contributed by atoms with Gasteiger partial charge in [0.25, 0.3) is 6.47 Å². The minimum Gasteiger partial charge on any atom is -0.462 e. The second kappa shape index (κ2) is 10.3. The van der Waals surface area contributed by atoms with E-state index in [1.807, 2.05) is 13.8 Å². The molecule has 154 valence electrons. The Morgan fingerprint density at radius 2 is 1.44 bits per heavy atom. The number of benzene rings is 1. The molecular formula is C25H42O2. The highest BCUT2D eigenvalue weighted by Gasteiger charge is 2.18. The Labute approximate surface area is 168 Å². The van der Waals surface area contributed by atoms with Gasteiger partial charge in [0.05, 0.1) is 0 Å². The zero-order valence-electron chi connectivity index (χ0n) is 19.1. The lowest BCUT2D eigenvalue weighted by Gasteiger charge is -2.23. The van der Waals surface area contributed by atoms with Gasteiger partial charge in [0.1, 0.15) is 5.60 Å². The van der Waals surface area contributed by atoms with E-state index >= 15 is 0 Å². The van der Waals surface area contributed by atoms with Crippen molar-refractivity contribution in [1.29, 1.82) is 0 Å².